The normalized spacial score (nSPS) is 11.6. The van der Waals surface area contributed by atoms with Crippen LogP contribution in [0.15, 0.2) is 72.8 Å². The molecule has 0 atom stereocenters. The summed E-state index contributed by atoms with van der Waals surface area (Å²) in [5, 5.41) is 3.58. The van der Waals surface area contributed by atoms with Gasteiger partial charge in [-0.05, 0) is 61.0 Å². The second kappa shape index (κ2) is 10.8. The minimum Gasteiger partial charge on any atom is -0.487 e. The highest BCUT2D eigenvalue weighted by Crippen LogP contribution is 2.31. The van der Waals surface area contributed by atoms with Crippen LogP contribution < -0.4 is 10.1 Å². The van der Waals surface area contributed by atoms with E-state index in [2.05, 4.69) is 5.32 Å². The van der Waals surface area contributed by atoms with E-state index in [1.165, 1.54) is 0 Å². The Kier molecular flexibility index (Phi) is 7.62. The van der Waals surface area contributed by atoms with E-state index >= 15 is 0 Å². The van der Waals surface area contributed by atoms with Crippen molar-refractivity contribution in [3.63, 3.8) is 0 Å². The molecular formula is C28H26F4N2O2. The van der Waals surface area contributed by atoms with Crippen molar-refractivity contribution in [2.75, 3.05) is 6.54 Å². The highest BCUT2D eigenvalue weighted by atomic mass is 19.4. The van der Waals surface area contributed by atoms with Crippen molar-refractivity contribution in [3.05, 3.63) is 101 Å². The van der Waals surface area contributed by atoms with E-state index in [4.69, 9.17) is 4.74 Å². The lowest BCUT2D eigenvalue weighted by Gasteiger charge is -2.15. The molecule has 0 radical (unpaired) electrons. The minimum absolute atomic E-state index is 0.0929. The van der Waals surface area contributed by atoms with Crippen LogP contribution in [0.2, 0.25) is 0 Å². The van der Waals surface area contributed by atoms with Crippen LogP contribution in [0.5, 0.6) is 5.75 Å². The van der Waals surface area contributed by atoms with Crippen molar-refractivity contribution in [1.29, 1.82) is 0 Å². The lowest BCUT2D eigenvalue weighted by atomic mass is 10.1. The molecular weight excluding hydrogens is 472 g/mol. The fraction of sp³-hybridized carbons (Fsp3) is 0.250. The fourth-order valence-electron chi connectivity index (χ4n) is 3.97. The van der Waals surface area contributed by atoms with Gasteiger partial charge in [-0.3, -0.25) is 4.79 Å². The number of para-hydroxylation sites is 1. The summed E-state index contributed by atoms with van der Waals surface area (Å²) in [6, 6.07) is 18.4. The van der Waals surface area contributed by atoms with Crippen LogP contribution in [0.1, 0.15) is 46.9 Å². The molecule has 1 aromatic heterocycles. The minimum atomic E-state index is -4.58. The summed E-state index contributed by atoms with van der Waals surface area (Å²) in [5.74, 6) is -0.314. The third-order valence-corrected chi connectivity index (χ3v) is 5.90. The van der Waals surface area contributed by atoms with Crippen LogP contribution in [-0.2, 0) is 19.3 Å². The quantitative estimate of drug-likeness (QED) is 0.200. The van der Waals surface area contributed by atoms with Gasteiger partial charge in [0.25, 0.3) is 5.91 Å². The molecule has 1 amide bonds. The maximum Gasteiger partial charge on any atom is 0.416 e. The lowest BCUT2D eigenvalue weighted by Crippen LogP contribution is -2.24. The first-order valence-corrected chi connectivity index (χ1v) is 11.7. The fourth-order valence-corrected chi connectivity index (χ4v) is 3.97. The Morgan fingerprint density at radius 1 is 1.00 bits per heavy atom. The highest BCUT2D eigenvalue weighted by molar-refractivity contribution is 5.98. The van der Waals surface area contributed by atoms with Gasteiger partial charge in [-0.15, -0.1) is 0 Å². The van der Waals surface area contributed by atoms with Gasteiger partial charge in [-0.2, -0.15) is 13.2 Å². The topological polar surface area (TPSA) is 43.3 Å². The number of nitrogens with one attached hydrogen (secondary N) is 1. The third-order valence-electron chi connectivity index (χ3n) is 5.90. The number of rotatable bonds is 9. The first-order chi connectivity index (χ1) is 17.3. The molecule has 0 unspecified atom stereocenters. The van der Waals surface area contributed by atoms with E-state index < -0.39 is 17.6 Å². The lowest BCUT2D eigenvalue weighted by molar-refractivity contribution is -0.137. The molecule has 0 aliphatic heterocycles. The summed E-state index contributed by atoms with van der Waals surface area (Å²) in [6.45, 7) is 2.58. The average Bonchev–Trinajstić information content (AvgIpc) is 3.20. The molecule has 4 rings (SSSR count). The highest BCUT2D eigenvalue weighted by Gasteiger charge is 2.31. The van der Waals surface area contributed by atoms with Gasteiger partial charge in [-0.25, -0.2) is 4.39 Å². The van der Waals surface area contributed by atoms with Crippen LogP contribution in [-0.4, -0.2) is 17.0 Å². The average molecular weight is 499 g/mol. The number of benzene rings is 3. The van der Waals surface area contributed by atoms with Gasteiger partial charge in [0.2, 0.25) is 0 Å². The molecule has 3 aromatic carbocycles. The van der Waals surface area contributed by atoms with Crippen molar-refractivity contribution < 1.29 is 27.1 Å². The summed E-state index contributed by atoms with van der Waals surface area (Å²) in [4.78, 5) is 12.5. The first-order valence-electron chi connectivity index (χ1n) is 11.7. The number of ether oxygens (including phenoxy) is 1. The molecule has 1 N–H and O–H groups in total. The van der Waals surface area contributed by atoms with Crippen molar-refractivity contribution in [2.45, 2.75) is 39.1 Å². The molecule has 0 fully saturated rings. The van der Waals surface area contributed by atoms with Crippen molar-refractivity contribution >= 4 is 16.8 Å². The zero-order chi connectivity index (χ0) is 25.7. The zero-order valence-electron chi connectivity index (χ0n) is 19.7. The van der Waals surface area contributed by atoms with Crippen LogP contribution in [0.25, 0.3) is 10.9 Å². The van der Waals surface area contributed by atoms with Gasteiger partial charge < -0.3 is 14.6 Å². The zero-order valence-corrected chi connectivity index (χ0v) is 19.7. The number of carbonyl (C=O) groups is 1. The Morgan fingerprint density at radius 3 is 2.50 bits per heavy atom. The van der Waals surface area contributed by atoms with Gasteiger partial charge >= 0.3 is 6.18 Å². The Hall–Kier alpha value is -3.81. The largest absolute Gasteiger partial charge is 0.487 e. The van der Waals surface area contributed by atoms with Crippen molar-refractivity contribution in [2.24, 2.45) is 0 Å². The number of hydrogen-bond acceptors (Lipinski definition) is 2. The second-order valence-electron chi connectivity index (χ2n) is 8.51. The summed E-state index contributed by atoms with van der Waals surface area (Å²) >= 11 is 0. The molecule has 0 aliphatic carbocycles. The van der Waals surface area contributed by atoms with Gasteiger partial charge in [0.1, 0.15) is 18.2 Å². The first kappa shape index (κ1) is 25.3. The van der Waals surface area contributed by atoms with Gasteiger partial charge in [0.05, 0.1) is 17.8 Å². The van der Waals surface area contributed by atoms with E-state index in [9.17, 15) is 22.4 Å². The number of amides is 1. The third kappa shape index (κ3) is 5.87. The van der Waals surface area contributed by atoms with Gasteiger partial charge in [0, 0.05) is 28.6 Å². The molecule has 0 saturated heterocycles. The van der Waals surface area contributed by atoms with E-state index in [1.54, 1.807) is 34.9 Å². The van der Waals surface area contributed by atoms with E-state index in [0.29, 0.717) is 34.5 Å². The second-order valence-corrected chi connectivity index (χ2v) is 8.51. The molecule has 8 heteroatoms. The summed E-state index contributed by atoms with van der Waals surface area (Å²) < 4.78 is 62.0. The standard InChI is InChI=1S/C28H26F4N2O2/c1-2-3-13-33-27(35)19-9-12-26-20(14-19)16-23(18-36-24-7-5-4-6-8-24)34(26)17-21-15-22(28(30,31)32)10-11-25(21)29/h4-12,14-16H,2-3,13,17-18H2,1H3,(H,33,35). The van der Waals surface area contributed by atoms with Crippen LogP contribution in [0, 0.1) is 5.82 Å². The summed E-state index contributed by atoms with van der Waals surface area (Å²) in [5.41, 5.74) is 0.752. The molecule has 4 aromatic rings. The number of unbranched alkanes of at least 4 members (excludes halogenated alkanes) is 1. The van der Waals surface area contributed by atoms with Gasteiger partial charge in [-0.1, -0.05) is 31.5 Å². The molecule has 0 spiro atoms. The summed E-state index contributed by atoms with van der Waals surface area (Å²) in [7, 11) is 0. The molecule has 0 saturated carbocycles. The molecule has 188 valence electrons. The Bertz CT molecular complexity index is 1350. The smallest absolute Gasteiger partial charge is 0.416 e. The molecule has 4 nitrogen and oxygen atoms in total. The Morgan fingerprint density at radius 2 is 1.78 bits per heavy atom. The molecule has 36 heavy (non-hydrogen) atoms. The predicted molar refractivity (Wildman–Crippen MR) is 130 cm³/mol. The Labute approximate surface area is 206 Å². The van der Waals surface area contributed by atoms with Crippen LogP contribution in [0.4, 0.5) is 17.6 Å². The maximum absolute atomic E-state index is 14.6. The number of alkyl halides is 3. The number of carbonyl (C=O) groups excluding carboxylic acids is 1. The predicted octanol–water partition coefficient (Wildman–Crippen LogP) is 6.96. The number of hydrogen-bond donors (Lipinski definition) is 1. The van der Waals surface area contributed by atoms with E-state index in [0.717, 1.165) is 31.0 Å². The number of aromatic nitrogens is 1. The monoisotopic (exact) mass is 498 g/mol. The molecule has 0 aliphatic rings. The Balaban J connectivity index is 1.71. The van der Waals surface area contributed by atoms with Crippen molar-refractivity contribution in [1.82, 2.24) is 9.88 Å². The van der Waals surface area contributed by atoms with Crippen LogP contribution in [0.3, 0.4) is 0 Å². The number of halogens is 4. The molecule has 1 heterocycles. The van der Waals surface area contributed by atoms with E-state index in [-0.39, 0.29) is 24.6 Å². The SMILES string of the molecule is CCCCNC(=O)c1ccc2c(c1)cc(COc1ccccc1)n2Cc1cc(C(F)(F)F)ccc1F. The summed E-state index contributed by atoms with van der Waals surface area (Å²) in [6.07, 6.45) is -2.76. The van der Waals surface area contributed by atoms with E-state index in [1.807, 2.05) is 31.2 Å². The van der Waals surface area contributed by atoms with Crippen LogP contribution >= 0.6 is 0 Å². The number of fused-ring (bicyclic) bond motifs is 1. The van der Waals surface area contributed by atoms with Crippen molar-refractivity contribution in [3.8, 4) is 5.75 Å². The maximum atomic E-state index is 14.6. The number of nitrogens with zero attached hydrogens (tertiary/aromatic N) is 1. The molecule has 0 bridgehead atoms. The van der Waals surface area contributed by atoms with Gasteiger partial charge in [0.15, 0.2) is 0 Å².